The standard InChI is InChI=1S/C13H28N2/c1-5-12(6-2)9-15-8-7-13(14)10(3)11(15)4/h10-13H,5-9,14H2,1-4H3. The molecule has 0 aromatic rings. The van der Waals surface area contributed by atoms with Crippen LogP contribution in [-0.2, 0) is 0 Å². The minimum Gasteiger partial charge on any atom is -0.327 e. The van der Waals surface area contributed by atoms with E-state index in [1.54, 1.807) is 0 Å². The van der Waals surface area contributed by atoms with Gasteiger partial charge in [0.2, 0.25) is 0 Å². The third-order valence-electron chi connectivity index (χ3n) is 4.41. The average molecular weight is 212 g/mol. The summed E-state index contributed by atoms with van der Waals surface area (Å²) < 4.78 is 0. The molecular formula is C13H28N2. The van der Waals surface area contributed by atoms with E-state index in [1.165, 1.54) is 32.4 Å². The summed E-state index contributed by atoms with van der Waals surface area (Å²) in [5.74, 6) is 1.52. The zero-order valence-corrected chi connectivity index (χ0v) is 10.9. The Morgan fingerprint density at radius 3 is 2.40 bits per heavy atom. The maximum absolute atomic E-state index is 6.10. The van der Waals surface area contributed by atoms with E-state index >= 15 is 0 Å². The maximum atomic E-state index is 6.10. The zero-order chi connectivity index (χ0) is 11.4. The fourth-order valence-electron chi connectivity index (χ4n) is 2.61. The number of nitrogens with zero attached hydrogens (tertiary/aromatic N) is 1. The summed E-state index contributed by atoms with van der Waals surface area (Å²) >= 11 is 0. The molecular weight excluding hydrogens is 184 g/mol. The molecule has 3 unspecified atom stereocenters. The molecule has 1 aliphatic rings. The van der Waals surface area contributed by atoms with Crippen LogP contribution in [-0.4, -0.2) is 30.1 Å². The Morgan fingerprint density at radius 2 is 1.87 bits per heavy atom. The van der Waals surface area contributed by atoms with E-state index in [9.17, 15) is 0 Å². The first-order chi connectivity index (χ1) is 7.10. The highest BCUT2D eigenvalue weighted by Gasteiger charge is 2.30. The highest BCUT2D eigenvalue weighted by Crippen LogP contribution is 2.24. The highest BCUT2D eigenvalue weighted by molar-refractivity contribution is 4.87. The lowest BCUT2D eigenvalue weighted by atomic mass is 9.86. The molecule has 1 rings (SSSR count). The van der Waals surface area contributed by atoms with Crippen molar-refractivity contribution in [3.63, 3.8) is 0 Å². The molecule has 0 bridgehead atoms. The lowest BCUT2D eigenvalue weighted by Gasteiger charge is -2.42. The molecule has 0 saturated carbocycles. The van der Waals surface area contributed by atoms with Gasteiger partial charge in [-0.3, -0.25) is 0 Å². The van der Waals surface area contributed by atoms with Gasteiger partial charge in [-0.25, -0.2) is 0 Å². The Hall–Kier alpha value is -0.0800. The monoisotopic (exact) mass is 212 g/mol. The van der Waals surface area contributed by atoms with Crippen molar-refractivity contribution in [2.45, 2.75) is 59.0 Å². The molecule has 0 amide bonds. The SMILES string of the molecule is CCC(CC)CN1CCC(N)C(C)C1C. The Kier molecular flexibility index (Phi) is 5.07. The van der Waals surface area contributed by atoms with Crippen molar-refractivity contribution in [3.8, 4) is 0 Å². The molecule has 90 valence electrons. The van der Waals surface area contributed by atoms with Gasteiger partial charge in [0.25, 0.3) is 0 Å². The van der Waals surface area contributed by atoms with Crippen LogP contribution in [0.25, 0.3) is 0 Å². The Morgan fingerprint density at radius 1 is 1.27 bits per heavy atom. The molecule has 0 radical (unpaired) electrons. The first-order valence-electron chi connectivity index (χ1n) is 6.59. The molecule has 0 aromatic heterocycles. The van der Waals surface area contributed by atoms with E-state index in [4.69, 9.17) is 5.73 Å². The lowest BCUT2D eigenvalue weighted by molar-refractivity contribution is 0.0800. The predicted octanol–water partition coefficient (Wildman–Crippen LogP) is 2.48. The van der Waals surface area contributed by atoms with Crippen LogP contribution >= 0.6 is 0 Å². The number of rotatable bonds is 4. The third kappa shape index (κ3) is 3.18. The van der Waals surface area contributed by atoms with Gasteiger partial charge in [-0.15, -0.1) is 0 Å². The van der Waals surface area contributed by atoms with Crippen molar-refractivity contribution in [2.24, 2.45) is 17.6 Å². The van der Waals surface area contributed by atoms with Crippen molar-refractivity contribution < 1.29 is 0 Å². The van der Waals surface area contributed by atoms with Crippen LogP contribution in [0, 0.1) is 11.8 Å². The second-order valence-corrected chi connectivity index (χ2v) is 5.23. The van der Waals surface area contributed by atoms with E-state index in [0.717, 1.165) is 5.92 Å². The quantitative estimate of drug-likeness (QED) is 0.776. The van der Waals surface area contributed by atoms with Gasteiger partial charge >= 0.3 is 0 Å². The molecule has 2 nitrogen and oxygen atoms in total. The summed E-state index contributed by atoms with van der Waals surface area (Å²) in [6, 6.07) is 1.08. The van der Waals surface area contributed by atoms with Crippen molar-refractivity contribution in [3.05, 3.63) is 0 Å². The number of nitrogens with two attached hydrogens (primary N) is 1. The van der Waals surface area contributed by atoms with Crippen LogP contribution in [0.5, 0.6) is 0 Å². The third-order valence-corrected chi connectivity index (χ3v) is 4.41. The fraction of sp³-hybridized carbons (Fsp3) is 1.00. The molecule has 0 aromatic carbocycles. The van der Waals surface area contributed by atoms with Crippen LogP contribution < -0.4 is 5.73 Å². The maximum Gasteiger partial charge on any atom is 0.0107 e. The summed E-state index contributed by atoms with van der Waals surface area (Å²) in [4.78, 5) is 2.64. The first-order valence-corrected chi connectivity index (χ1v) is 6.59. The normalized spacial score (nSPS) is 33.6. The molecule has 2 heteroatoms. The second kappa shape index (κ2) is 5.86. The predicted molar refractivity (Wildman–Crippen MR) is 66.9 cm³/mol. The molecule has 15 heavy (non-hydrogen) atoms. The molecule has 3 atom stereocenters. The van der Waals surface area contributed by atoms with E-state index in [2.05, 4.69) is 32.6 Å². The van der Waals surface area contributed by atoms with Crippen molar-refractivity contribution in [1.29, 1.82) is 0 Å². The molecule has 1 aliphatic heterocycles. The minimum absolute atomic E-state index is 0.415. The van der Waals surface area contributed by atoms with E-state index in [-0.39, 0.29) is 0 Å². The summed E-state index contributed by atoms with van der Waals surface area (Å²) in [6.45, 7) is 11.7. The Labute approximate surface area is 95.2 Å². The average Bonchev–Trinajstić information content (AvgIpc) is 2.25. The number of piperidine rings is 1. The summed E-state index contributed by atoms with van der Waals surface area (Å²) in [7, 11) is 0. The molecule has 0 spiro atoms. The fourth-order valence-corrected chi connectivity index (χ4v) is 2.61. The van der Waals surface area contributed by atoms with Gasteiger partial charge in [0.15, 0.2) is 0 Å². The van der Waals surface area contributed by atoms with Gasteiger partial charge in [0.1, 0.15) is 0 Å². The zero-order valence-electron chi connectivity index (χ0n) is 10.9. The van der Waals surface area contributed by atoms with Crippen LogP contribution in [0.2, 0.25) is 0 Å². The Balaban J connectivity index is 2.48. The van der Waals surface area contributed by atoms with Crippen LogP contribution in [0.15, 0.2) is 0 Å². The lowest BCUT2D eigenvalue weighted by Crippen LogP contribution is -2.52. The van der Waals surface area contributed by atoms with Crippen molar-refractivity contribution in [1.82, 2.24) is 4.90 Å². The highest BCUT2D eigenvalue weighted by atomic mass is 15.2. The van der Waals surface area contributed by atoms with Crippen LogP contribution in [0.3, 0.4) is 0 Å². The largest absolute Gasteiger partial charge is 0.327 e. The summed E-state index contributed by atoms with van der Waals surface area (Å²) in [5.41, 5.74) is 6.10. The van der Waals surface area contributed by atoms with E-state index in [0.29, 0.717) is 18.0 Å². The second-order valence-electron chi connectivity index (χ2n) is 5.23. The summed E-state index contributed by atoms with van der Waals surface area (Å²) in [6.07, 6.45) is 3.78. The molecule has 2 N–H and O–H groups in total. The molecule has 1 saturated heterocycles. The summed E-state index contributed by atoms with van der Waals surface area (Å²) in [5, 5.41) is 0. The number of likely N-dealkylation sites (tertiary alicyclic amines) is 1. The minimum atomic E-state index is 0.415. The topological polar surface area (TPSA) is 29.3 Å². The molecule has 1 heterocycles. The molecule has 0 aliphatic carbocycles. The van der Waals surface area contributed by atoms with Gasteiger partial charge in [-0.2, -0.15) is 0 Å². The number of hydrogen-bond acceptors (Lipinski definition) is 2. The van der Waals surface area contributed by atoms with Crippen LogP contribution in [0.4, 0.5) is 0 Å². The Bertz CT molecular complexity index is 177. The van der Waals surface area contributed by atoms with Gasteiger partial charge in [-0.05, 0) is 31.7 Å². The van der Waals surface area contributed by atoms with E-state index in [1.807, 2.05) is 0 Å². The smallest absolute Gasteiger partial charge is 0.0107 e. The number of hydrogen-bond donors (Lipinski definition) is 1. The first kappa shape index (κ1) is 13.0. The van der Waals surface area contributed by atoms with Crippen molar-refractivity contribution >= 4 is 0 Å². The van der Waals surface area contributed by atoms with Crippen LogP contribution in [0.1, 0.15) is 47.0 Å². The van der Waals surface area contributed by atoms with Gasteiger partial charge in [0.05, 0.1) is 0 Å². The van der Waals surface area contributed by atoms with E-state index < -0.39 is 0 Å². The van der Waals surface area contributed by atoms with Crippen molar-refractivity contribution in [2.75, 3.05) is 13.1 Å². The van der Waals surface area contributed by atoms with Gasteiger partial charge in [-0.1, -0.05) is 33.6 Å². The molecule has 1 fully saturated rings. The van der Waals surface area contributed by atoms with Gasteiger partial charge < -0.3 is 10.6 Å². The van der Waals surface area contributed by atoms with Gasteiger partial charge in [0, 0.05) is 18.6 Å².